The van der Waals surface area contributed by atoms with Gasteiger partial charge >= 0.3 is 0 Å². The van der Waals surface area contributed by atoms with Crippen molar-refractivity contribution >= 4 is 17.3 Å². The molecule has 0 radical (unpaired) electrons. The van der Waals surface area contributed by atoms with Crippen LogP contribution in [0.5, 0.6) is 11.5 Å². The predicted molar refractivity (Wildman–Crippen MR) is 115 cm³/mol. The Kier molecular flexibility index (Phi) is 7.53. The van der Waals surface area contributed by atoms with Gasteiger partial charge in [-0.2, -0.15) is 0 Å². The Balaban J connectivity index is 1.43. The molecule has 1 heterocycles. The summed E-state index contributed by atoms with van der Waals surface area (Å²) in [5.74, 6) is 1.35. The summed E-state index contributed by atoms with van der Waals surface area (Å²) in [4.78, 5) is 12.2. The van der Waals surface area contributed by atoms with E-state index in [1.54, 1.807) is 0 Å². The zero-order valence-electron chi connectivity index (χ0n) is 16.8. The lowest BCUT2D eigenvalue weighted by Crippen LogP contribution is -2.21. The van der Waals surface area contributed by atoms with Crippen molar-refractivity contribution in [1.29, 1.82) is 0 Å². The van der Waals surface area contributed by atoms with Gasteiger partial charge in [-0.15, -0.1) is 0 Å². The maximum atomic E-state index is 12.2. The van der Waals surface area contributed by atoms with Crippen LogP contribution in [0.3, 0.4) is 0 Å². The van der Waals surface area contributed by atoms with E-state index in [0.29, 0.717) is 18.9 Å². The summed E-state index contributed by atoms with van der Waals surface area (Å²) in [5.41, 5.74) is 2.51. The third-order valence-corrected chi connectivity index (χ3v) is 4.37. The number of amides is 1. The number of carbonyl (C=O) groups is 1. The molecule has 6 nitrogen and oxygen atoms in total. The first-order chi connectivity index (χ1) is 14.1. The molecule has 1 amide bonds. The second-order valence-corrected chi connectivity index (χ2v) is 7.15. The molecule has 1 aliphatic rings. The van der Waals surface area contributed by atoms with Gasteiger partial charge in [0, 0.05) is 24.0 Å². The van der Waals surface area contributed by atoms with E-state index in [1.807, 2.05) is 55.5 Å². The number of carbonyl (C=O) groups excluding carboxylic acids is 1. The summed E-state index contributed by atoms with van der Waals surface area (Å²) < 4.78 is 16.9. The predicted octanol–water partition coefficient (Wildman–Crippen LogP) is 4.25. The van der Waals surface area contributed by atoms with Crippen molar-refractivity contribution in [2.24, 2.45) is 0 Å². The maximum Gasteiger partial charge on any atom is 0.243 e. The molecule has 0 aromatic heterocycles. The molecular formula is C23H28N2O4. The normalized spacial score (nSPS) is 15.6. The fourth-order valence-electron chi connectivity index (χ4n) is 2.89. The molecule has 3 rings (SSSR count). The van der Waals surface area contributed by atoms with Crippen LogP contribution in [0.1, 0.15) is 19.8 Å². The van der Waals surface area contributed by atoms with E-state index in [2.05, 4.69) is 17.2 Å². The molecule has 0 spiro atoms. The molecule has 2 aromatic rings. The third-order valence-electron chi connectivity index (χ3n) is 4.37. The summed E-state index contributed by atoms with van der Waals surface area (Å²) in [6, 6.07) is 14.9. The van der Waals surface area contributed by atoms with Crippen LogP contribution in [0, 0.1) is 0 Å². The average molecular weight is 396 g/mol. The van der Waals surface area contributed by atoms with Gasteiger partial charge in [0.1, 0.15) is 24.7 Å². The van der Waals surface area contributed by atoms with Gasteiger partial charge in [-0.25, -0.2) is 0 Å². The molecule has 0 bridgehead atoms. The number of hydrogen-bond acceptors (Lipinski definition) is 5. The van der Waals surface area contributed by atoms with Gasteiger partial charge in [-0.1, -0.05) is 12.6 Å². The molecular weight excluding hydrogens is 368 g/mol. The Labute approximate surface area is 171 Å². The minimum Gasteiger partial charge on any atom is -0.491 e. The van der Waals surface area contributed by atoms with Gasteiger partial charge in [-0.05, 0) is 61.7 Å². The largest absolute Gasteiger partial charge is 0.491 e. The second-order valence-electron chi connectivity index (χ2n) is 7.15. The molecule has 0 saturated carbocycles. The first kappa shape index (κ1) is 20.7. The summed E-state index contributed by atoms with van der Waals surface area (Å²) >= 11 is 0. The van der Waals surface area contributed by atoms with E-state index in [1.165, 1.54) is 0 Å². The fraction of sp³-hybridized carbons (Fsp3) is 0.348. The Morgan fingerprint density at radius 1 is 1.14 bits per heavy atom. The number of hydrogen-bond donors (Lipinski definition) is 2. The van der Waals surface area contributed by atoms with Crippen molar-refractivity contribution in [1.82, 2.24) is 0 Å². The van der Waals surface area contributed by atoms with Gasteiger partial charge in [0.05, 0.1) is 12.6 Å². The average Bonchev–Trinajstić information content (AvgIpc) is 3.24. The van der Waals surface area contributed by atoms with E-state index in [0.717, 1.165) is 42.2 Å². The highest BCUT2D eigenvalue weighted by Gasteiger charge is 2.16. The van der Waals surface area contributed by atoms with E-state index in [-0.39, 0.29) is 18.6 Å². The number of anilines is 2. The van der Waals surface area contributed by atoms with Gasteiger partial charge in [0.15, 0.2) is 0 Å². The second kappa shape index (κ2) is 10.5. The Morgan fingerprint density at radius 2 is 1.97 bits per heavy atom. The van der Waals surface area contributed by atoms with Crippen molar-refractivity contribution < 1.29 is 19.0 Å². The number of rotatable bonds is 10. The molecule has 1 atom stereocenters. The van der Waals surface area contributed by atoms with Gasteiger partial charge in [-0.3, -0.25) is 4.79 Å². The smallest absolute Gasteiger partial charge is 0.243 e. The fourth-order valence-corrected chi connectivity index (χ4v) is 2.89. The molecule has 6 heteroatoms. The van der Waals surface area contributed by atoms with Crippen LogP contribution in [0.15, 0.2) is 60.7 Å². The number of nitrogens with one attached hydrogen (secondary N) is 2. The summed E-state index contributed by atoms with van der Waals surface area (Å²) in [5, 5.41) is 5.98. The van der Waals surface area contributed by atoms with Crippen molar-refractivity contribution in [2.75, 3.05) is 37.0 Å². The van der Waals surface area contributed by atoms with E-state index < -0.39 is 0 Å². The van der Waals surface area contributed by atoms with Crippen molar-refractivity contribution in [3.63, 3.8) is 0 Å². The van der Waals surface area contributed by atoms with Gasteiger partial charge in [0.2, 0.25) is 5.91 Å². The molecule has 2 aromatic carbocycles. The SMILES string of the molecule is C=C(C)COc1ccc(NCC(=O)Nc2cccc(OCC3CCCO3)c2)cc1. The van der Waals surface area contributed by atoms with Crippen LogP contribution in [-0.4, -0.2) is 38.4 Å². The maximum absolute atomic E-state index is 12.2. The summed E-state index contributed by atoms with van der Waals surface area (Å²) in [7, 11) is 0. The van der Waals surface area contributed by atoms with Crippen LogP contribution in [0.2, 0.25) is 0 Å². The summed E-state index contributed by atoms with van der Waals surface area (Å²) in [6.07, 6.45) is 2.28. The molecule has 29 heavy (non-hydrogen) atoms. The van der Waals surface area contributed by atoms with Crippen LogP contribution in [0.4, 0.5) is 11.4 Å². The van der Waals surface area contributed by atoms with Gasteiger partial charge < -0.3 is 24.8 Å². The highest BCUT2D eigenvalue weighted by atomic mass is 16.5. The molecule has 2 N–H and O–H groups in total. The molecule has 1 unspecified atom stereocenters. The topological polar surface area (TPSA) is 68.8 Å². The van der Waals surface area contributed by atoms with E-state index in [4.69, 9.17) is 14.2 Å². The van der Waals surface area contributed by atoms with Crippen molar-refractivity contribution in [3.05, 3.63) is 60.7 Å². The molecule has 1 saturated heterocycles. The quantitative estimate of drug-likeness (QED) is 0.588. The number of benzene rings is 2. The van der Waals surface area contributed by atoms with Crippen LogP contribution in [0.25, 0.3) is 0 Å². The highest BCUT2D eigenvalue weighted by molar-refractivity contribution is 5.93. The Bertz CT molecular complexity index is 814. The molecule has 0 aliphatic carbocycles. The van der Waals surface area contributed by atoms with Crippen LogP contribution >= 0.6 is 0 Å². The zero-order valence-corrected chi connectivity index (χ0v) is 16.8. The van der Waals surface area contributed by atoms with Crippen molar-refractivity contribution in [2.45, 2.75) is 25.9 Å². The highest BCUT2D eigenvalue weighted by Crippen LogP contribution is 2.20. The standard InChI is InChI=1S/C23H28N2O4/c1-17(2)15-28-20-10-8-18(9-11-20)24-14-23(26)25-19-5-3-6-21(13-19)29-16-22-7-4-12-27-22/h3,5-6,8-11,13,22,24H,1,4,7,12,14-16H2,2H3,(H,25,26). The first-order valence-electron chi connectivity index (χ1n) is 9.84. The minimum absolute atomic E-state index is 0.135. The zero-order chi connectivity index (χ0) is 20.5. The lowest BCUT2D eigenvalue weighted by Gasteiger charge is -2.13. The lowest BCUT2D eigenvalue weighted by atomic mass is 10.2. The summed E-state index contributed by atoms with van der Waals surface area (Å²) in [6.45, 7) is 7.72. The molecule has 1 fully saturated rings. The van der Waals surface area contributed by atoms with Crippen LogP contribution < -0.4 is 20.1 Å². The van der Waals surface area contributed by atoms with Crippen LogP contribution in [-0.2, 0) is 9.53 Å². The third kappa shape index (κ3) is 7.16. The molecule has 154 valence electrons. The first-order valence-corrected chi connectivity index (χ1v) is 9.84. The monoisotopic (exact) mass is 396 g/mol. The molecule has 1 aliphatic heterocycles. The van der Waals surface area contributed by atoms with Crippen molar-refractivity contribution in [3.8, 4) is 11.5 Å². The van der Waals surface area contributed by atoms with Gasteiger partial charge in [0.25, 0.3) is 0 Å². The minimum atomic E-state index is -0.135. The number of ether oxygens (including phenoxy) is 3. The lowest BCUT2D eigenvalue weighted by molar-refractivity contribution is -0.114. The van der Waals surface area contributed by atoms with E-state index >= 15 is 0 Å². The van der Waals surface area contributed by atoms with E-state index in [9.17, 15) is 4.79 Å². The Morgan fingerprint density at radius 3 is 2.69 bits per heavy atom. The Hall–Kier alpha value is -2.99.